The van der Waals surface area contributed by atoms with E-state index in [1.54, 1.807) is 11.8 Å². The van der Waals surface area contributed by atoms with E-state index in [4.69, 9.17) is 4.74 Å². The van der Waals surface area contributed by atoms with Crippen molar-refractivity contribution in [3.8, 4) is 0 Å². The fraction of sp³-hybridized carbons (Fsp3) is 0.611. The van der Waals surface area contributed by atoms with Gasteiger partial charge in [0.1, 0.15) is 0 Å². The number of nitrogens with one attached hydrogen (secondary N) is 1. The van der Waals surface area contributed by atoms with E-state index in [1.807, 2.05) is 17.0 Å². The molecule has 128 valence electrons. The number of hydrogen-bond acceptors (Lipinski definition) is 3. The van der Waals surface area contributed by atoms with Gasteiger partial charge in [-0.3, -0.25) is 0 Å². The Morgan fingerprint density at radius 3 is 2.96 bits per heavy atom. The Morgan fingerprint density at radius 1 is 1.39 bits per heavy atom. The third kappa shape index (κ3) is 5.15. The molecule has 1 N–H and O–H groups in total. The molecule has 0 spiro atoms. The van der Waals surface area contributed by atoms with Gasteiger partial charge in [0.2, 0.25) is 0 Å². The zero-order valence-electron chi connectivity index (χ0n) is 14.4. The minimum absolute atomic E-state index is 0.00231. The molecule has 1 heterocycles. The Kier molecular flexibility index (Phi) is 7.24. The summed E-state index contributed by atoms with van der Waals surface area (Å²) in [5.74, 6) is 0. The lowest BCUT2D eigenvalue weighted by Crippen LogP contribution is -2.36. The van der Waals surface area contributed by atoms with Crippen LogP contribution in [0.1, 0.15) is 38.2 Å². The van der Waals surface area contributed by atoms with E-state index in [0.717, 1.165) is 56.6 Å². The first-order valence-electron chi connectivity index (χ1n) is 8.46. The highest BCUT2D eigenvalue weighted by Crippen LogP contribution is 2.26. The van der Waals surface area contributed by atoms with Gasteiger partial charge < -0.3 is 15.0 Å². The Bertz CT molecular complexity index is 522. The standard InChI is InChI=1S/C18H28N2O2S/c1-4-13-22-15-7-6-11-20(12-10-15)18(21)19-16-8-5-9-17(23-3)14(16)2/h5,8-9,15H,4,6-7,10-13H2,1-3H3,(H,19,21). The van der Waals surface area contributed by atoms with Crippen LogP contribution in [0.3, 0.4) is 0 Å². The lowest BCUT2D eigenvalue weighted by molar-refractivity contribution is 0.0446. The van der Waals surface area contributed by atoms with Crippen molar-refractivity contribution in [3.63, 3.8) is 0 Å². The third-order valence-corrected chi connectivity index (χ3v) is 5.15. The lowest BCUT2D eigenvalue weighted by Gasteiger charge is -2.22. The summed E-state index contributed by atoms with van der Waals surface area (Å²) in [6.45, 7) is 6.57. The van der Waals surface area contributed by atoms with Gasteiger partial charge in [-0.25, -0.2) is 4.79 Å². The molecule has 2 rings (SSSR count). The fourth-order valence-corrected chi connectivity index (χ4v) is 3.52. The normalized spacial score (nSPS) is 18.6. The average Bonchev–Trinajstić information content (AvgIpc) is 2.80. The molecule has 2 amide bonds. The van der Waals surface area contributed by atoms with Gasteiger partial charge in [-0.2, -0.15) is 0 Å². The quantitative estimate of drug-likeness (QED) is 0.803. The molecule has 1 aromatic carbocycles. The zero-order chi connectivity index (χ0) is 16.7. The number of carbonyl (C=O) groups is 1. The number of carbonyl (C=O) groups excluding carboxylic acids is 1. The van der Waals surface area contributed by atoms with Gasteiger partial charge in [0.15, 0.2) is 0 Å². The van der Waals surface area contributed by atoms with Crippen molar-refractivity contribution in [2.24, 2.45) is 0 Å². The van der Waals surface area contributed by atoms with Gasteiger partial charge in [-0.1, -0.05) is 13.0 Å². The van der Waals surface area contributed by atoms with Crippen molar-refractivity contribution in [1.29, 1.82) is 0 Å². The molecule has 1 aliphatic rings. The predicted octanol–water partition coefficient (Wildman–Crippen LogP) is 4.53. The van der Waals surface area contributed by atoms with E-state index in [9.17, 15) is 4.79 Å². The molecule has 0 saturated carbocycles. The van der Waals surface area contributed by atoms with Crippen molar-refractivity contribution in [2.75, 3.05) is 31.3 Å². The number of anilines is 1. The molecule has 1 atom stereocenters. The van der Waals surface area contributed by atoms with E-state index in [-0.39, 0.29) is 6.03 Å². The van der Waals surface area contributed by atoms with Crippen LogP contribution in [0.5, 0.6) is 0 Å². The molecule has 1 fully saturated rings. The summed E-state index contributed by atoms with van der Waals surface area (Å²) >= 11 is 1.70. The van der Waals surface area contributed by atoms with E-state index in [1.165, 1.54) is 4.90 Å². The second-order valence-corrected chi connectivity index (χ2v) is 6.82. The van der Waals surface area contributed by atoms with Crippen LogP contribution in [0.2, 0.25) is 0 Å². The second-order valence-electron chi connectivity index (χ2n) is 5.97. The van der Waals surface area contributed by atoms with Gasteiger partial charge in [0, 0.05) is 30.3 Å². The highest BCUT2D eigenvalue weighted by Gasteiger charge is 2.21. The smallest absolute Gasteiger partial charge is 0.321 e. The highest BCUT2D eigenvalue weighted by atomic mass is 32.2. The maximum atomic E-state index is 12.6. The van der Waals surface area contributed by atoms with Crippen molar-refractivity contribution in [3.05, 3.63) is 23.8 Å². The summed E-state index contributed by atoms with van der Waals surface area (Å²) < 4.78 is 5.85. The number of benzene rings is 1. The highest BCUT2D eigenvalue weighted by molar-refractivity contribution is 7.98. The molecule has 1 unspecified atom stereocenters. The fourth-order valence-electron chi connectivity index (χ4n) is 2.89. The molecular formula is C18H28N2O2S. The van der Waals surface area contributed by atoms with Crippen LogP contribution in [0.4, 0.5) is 10.5 Å². The summed E-state index contributed by atoms with van der Waals surface area (Å²) in [6, 6.07) is 6.04. The molecule has 23 heavy (non-hydrogen) atoms. The second kappa shape index (κ2) is 9.18. The summed E-state index contributed by atoms with van der Waals surface area (Å²) in [5, 5.41) is 3.07. The molecule has 1 saturated heterocycles. The molecular weight excluding hydrogens is 308 g/mol. The van der Waals surface area contributed by atoms with Crippen molar-refractivity contribution < 1.29 is 9.53 Å². The lowest BCUT2D eigenvalue weighted by atomic mass is 10.2. The van der Waals surface area contributed by atoms with Crippen LogP contribution in [0.25, 0.3) is 0 Å². The Labute approximate surface area is 144 Å². The summed E-state index contributed by atoms with van der Waals surface area (Å²) in [4.78, 5) is 15.7. The predicted molar refractivity (Wildman–Crippen MR) is 97.4 cm³/mol. The third-order valence-electron chi connectivity index (χ3n) is 4.27. The number of hydrogen-bond donors (Lipinski definition) is 1. The van der Waals surface area contributed by atoms with Crippen LogP contribution in [0, 0.1) is 6.92 Å². The van der Waals surface area contributed by atoms with Crippen LogP contribution in [-0.4, -0.2) is 43.0 Å². The molecule has 1 aromatic rings. The summed E-state index contributed by atoms with van der Waals surface area (Å²) in [6.07, 6.45) is 6.38. The number of nitrogens with zero attached hydrogens (tertiary/aromatic N) is 1. The van der Waals surface area contributed by atoms with Crippen molar-refractivity contribution in [2.45, 2.75) is 50.5 Å². The SMILES string of the molecule is CCCOC1CCCN(C(=O)Nc2cccc(SC)c2C)CC1. The Morgan fingerprint density at radius 2 is 2.22 bits per heavy atom. The maximum absolute atomic E-state index is 12.6. The number of thioether (sulfide) groups is 1. The summed E-state index contributed by atoms with van der Waals surface area (Å²) in [5.41, 5.74) is 2.04. The van der Waals surface area contributed by atoms with Crippen LogP contribution in [-0.2, 0) is 4.74 Å². The van der Waals surface area contributed by atoms with E-state index in [2.05, 4.69) is 31.5 Å². The van der Waals surface area contributed by atoms with Gasteiger partial charge in [0.05, 0.1) is 6.10 Å². The van der Waals surface area contributed by atoms with Gasteiger partial charge >= 0.3 is 6.03 Å². The topological polar surface area (TPSA) is 41.6 Å². The first kappa shape index (κ1) is 18.1. The minimum Gasteiger partial charge on any atom is -0.378 e. The molecule has 0 bridgehead atoms. The monoisotopic (exact) mass is 336 g/mol. The molecule has 1 aliphatic heterocycles. The van der Waals surface area contributed by atoms with Gasteiger partial charge in [-0.15, -0.1) is 11.8 Å². The van der Waals surface area contributed by atoms with E-state index >= 15 is 0 Å². The summed E-state index contributed by atoms with van der Waals surface area (Å²) in [7, 11) is 0. The Hall–Kier alpha value is -1.20. The number of rotatable bonds is 5. The molecule has 0 aliphatic carbocycles. The molecule has 0 aromatic heterocycles. The average molecular weight is 337 g/mol. The first-order chi connectivity index (χ1) is 11.2. The van der Waals surface area contributed by atoms with Crippen LogP contribution in [0.15, 0.2) is 23.1 Å². The van der Waals surface area contributed by atoms with Crippen molar-refractivity contribution in [1.82, 2.24) is 4.90 Å². The van der Waals surface area contributed by atoms with Gasteiger partial charge in [-0.05, 0) is 56.6 Å². The van der Waals surface area contributed by atoms with Crippen LogP contribution >= 0.6 is 11.8 Å². The van der Waals surface area contributed by atoms with Crippen molar-refractivity contribution >= 4 is 23.5 Å². The van der Waals surface area contributed by atoms with Gasteiger partial charge in [0.25, 0.3) is 0 Å². The largest absolute Gasteiger partial charge is 0.378 e. The first-order valence-corrected chi connectivity index (χ1v) is 9.69. The maximum Gasteiger partial charge on any atom is 0.321 e. The number of urea groups is 1. The minimum atomic E-state index is 0.00231. The number of likely N-dealkylation sites (tertiary alicyclic amines) is 1. The van der Waals surface area contributed by atoms with E-state index in [0.29, 0.717) is 6.10 Å². The zero-order valence-corrected chi connectivity index (χ0v) is 15.2. The number of ether oxygens (including phenoxy) is 1. The molecule has 0 radical (unpaired) electrons. The number of amides is 2. The van der Waals surface area contributed by atoms with Crippen LogP contribution < -0.4 is 5.32 Å². The Balaban J connectivity index is 1.93. The molecule has 5 heteroatoms. The van der Waals surface area contributed by atoms with E-state index < -0.39 is 0 Å². The molecule has 4 nitrogen and oxygen atoms in total.